The van der Waals surface area contributed by atoms with Crippen molar-refractivity contribution in [1.29, 1.82) is 0 Å². The van der Waals surface area contributed by atoms with Crippen molar-refractivity contribution in [3.63, 3.8) is 0 Å². The predicted octanol–water partition coefficient (Wildman–Crippen LogP) is 4.41. The molecule has 0 amide bonds. The molecule has 0 fully saturated rings. The summed E-state index contributed by atoms with van der Waals surface area (Å²) in [5.41, 5.74) is 2.40. The molecule has 1 aliphatic heterocycles. The number of allylic oxidation sites excluding steroid dienone is 3. The number of hydrogen-bond donors (Lipinski definition) is 1. The molecule has 0 radical (unpaired) electrons. The fourth-order valence-corrected chi connectivity index (χ4v) is 5.76. The summed E-state index contributed by atoms with van der Waals surface area (Å²) in [6.45, 7) is 2.07. The van der Waals surface area contributed by atoms with Gasteiger partial charge in [0.15, 0.2) is 11.2 Å². The quantitative estimate of drug-likeness (QED) is 0.403. The van der Waals surface area contributed by atoms with Crippen LogP contribution in [0.3, 0.4) is 0 Å². The number of esters is 1. The van der Waals surface area contributed by atoms with E-state index in [0.29, 0.717) is 35.1 Å². The summed E-state index contributed by atoms with van der Waals surface area (Å²) < 4.78 is 16.2. The minimum Gasteiger partial charge on any atom is -0.464 e. The van der Waals surface area contributed by atoms with Crippen LogP contribution in [0.25, 0.3) is 11.0 Å². The van der Waals surface area contributed by atoms with E-state index in [2.05, 4.69) is 5.32 Å². The third kappa shape index (κ3) is 4.24. The summed E-state index contributed by atoms with van der Waals surface area (Å²) in [5.74, 6) is -1.52. The monoisotopic (exact) mass is 491 g/mol. The van der Waals surface area contributed by atoms with Gasteiger partial charge < -0.3 is 19.2 Å². The number of carbonyl (C=O) groups is 2. The van der Waals surface area contributed by atoms with E-state index in [4.69, 9.17) is 13.9 Å². The van der Waals surface area contributed by atoms with Crippen LogP contribution in [0, 0.1) is 0 Å². The third-order valence-electron chi connectivity index (χ3n) is 6.53. The molecular weight excluding hydrogens is 466 g/mol. The first kappa shape index (κ1) is 23.3. The van der Waals surface area contributed by atoms with Gasteiger partial charge in [-0.25, -0.2) is 4.79 Å². The van der Waals surface area contributed by atoms with Crippen LogP contribution in [0.1, 0.15) is 42.0 Å². The Labute approximate surface area is 206 Å². The van der Waals surface area contributed by atoms with Crippen LogP contribution in [0.4, 0.5) is 0 Å². The topological polar surface area (TPSA) is 94.8 Å². The number of para-hydroxylation sites is 1. The van der Waals surface area contributed by atoms with Crippen LogP contribution in [-0.4, -0.2) is 32.1 Å². The molecule has 1 N–H and O–H groups in total. The summed E-state index contributed by atoms with van der Waals surface area (Å²) in [4.78, 5) is 41.6. The standard InChI is InChI=1S/C27H25NO6S/c1-15-23(27(31)33-10-9-32-2)24(18-14-34-21-7-4-3-6-17(21)26(18)30)25-19(28-15)12-16(13-20(25)29)22-8-5-11-35-22/h3-8,11,14,16,24,28H,9-10,12-13H2,1-2H3/t16-,24-/m1/s1. The molecule has 2 aromatic heterocycles. The van der Waals surface area contributed by atoms with E-state index in [9.17, 15) is 14.4 Å². The Bertz CT molecular complexity index is 1410. The van der Waals surface area contributed by atoms with Crippen LogP contribution in [0.2, 0.25) is 0 Å². The number of thiophene rings is 1. The zero-order valence-corrected chi connectivity index (χ0v) is 20.3. The van der Waals surface area contributed by atoms with E-state index in [0.717, 1.165) is 10.6 Å². The highest BCUT2D eigenvalue weighted by Crippen LogP contribution is 2.45. The molecule has 1 aromatic carbocycles. The average molecular weight is 492 g/mol. The second-order valence-corrected chi connectivity index (χ2v) is 9.66. The van der Waals surface area contributed by atoms with Gasteiger partial charge in [-0.2, -0.15) is 0 Å². The summed E-state index contributed by atoms with van der Waals surface area (Å²) in [6.07, 6.45) is 2.29. The third-order valence-corrected chi connectivity index (χ3v) is 7.57. The molecule has 8 heteroatoms. The maximum atomic E-state index is 13.6. The second kappa shape index (κ2) is 9.64. The summed E-state index contributed by atoms with van der Waals surface area (Å²) >= 11 is 1.62. The number of ether oxygens (including phenoxy) is 2. The number of fused-ring (bicyclic) bond motifs is 1. The van der Waals surface area contributed by atoms with Gasteiger partial charge in [0, 0.05) is 46.9 Å². The van der Waals surface area contributed by atoms with Crippen LogP contribution in [-0.2, 0) is 19.1 Å². The Hall–Kier alpha value is -3.49. The molecule has 1 aliphatic carbocycles. The Morgan fingerprint density at radius 1 is 1.14 bits per heavy atom. The van der Waals surface area contributed by atoms with Crippen molar-refractivity contribution in [3.8, 4) is 0 Å². The number of nitrogens with one attached hydrogen (secondary N) is 1. The van der Waals surface area contributed by atoms with Crippen molar-refractivity contribution in [1.82, 2.24) is 5.32 Å². The minimum atomic E-state index is -0.876. The van der Waals surface area contributed by atoms with Gasteiger partial charge in [0.25, 0.3) is 0 Å². The zero-order valence-electron chi connectivity index (χ0n) is 19.5. The molecule has 2 atom stereocenters. The van der Waals surface area contributed by atoms with E-state index in [1.807, 2.05) is 17.5 Å². The van der Waals surface area contributed by atoms with Gasteiger partial charge in [-0.05, 0) is 36.9 Å². The van der Waals surface area contributed by atoms with E-state index in [1.165, 1.54) is 13.4 Å². The number of Topliss-reactive ketones (excluding diaryl/α,β-unsaturated/α-hetero) is 1. The highest BCUT2D eigenvalue weighted by molar-refractivity contribution is 7.10. The second-order valence-electron chi connectivity index (χ2n) is 8.68. The largest absolute Gasteiger partial charge is 0.464 e. The van der Waals surface area contributed by atoms with Gasteiger partial charge in [0.1, 0.15) is 12.2 Å². The normalized spacial score (nSPS) is 20.1. The Morgan fingerprint density at radius 3 is 2.74 bits per heavy atom. The van der Waals surface area contributed by atoms with Crippen molar-refractivity contribution in [3.05, 3.63) is 91.2 Å². The number of carbonyl (C=O) groups excluding carboxylic acids is 2. The maximum absolute atomic E-state index is 13.6. The van der Waals surface area contributed by atoms with Gasteiger partial charge in [-0.3, -0.25) is 9.59 Å². The highest BCUT2D eigenvalue weighted by atomic mass is 32.1. The van der Waals surface area contributed by atoms with Crippen molar-refractivity contribution < 1.29 is 23.5 Å². The summed E-state index contributed by atoms with van der Waals surface area (Å²) in [6, 6.07) is 11.0. The molecular formula is C27H25NO6S. The fourth-order valence-electron chi connectivity index (χ4n) is 4.93. The zero-order chi connectivity index (χ0) is 24.5. The van der Waals surface area contributed by atoms with E-state index < -0.39 is 11.9 Å². The van der Waals surface area contributed by atoms with Gasteiger partial charge in [-0.15, -0.1) is 11.3 Å². The molecule has 0 bridgehead atoms. The van der Waals surface area contributed by atoms with Crippen LogP contribution in [0.15, 0.2) is 79.8 Å². The molecule has 180 valence electrons. The first-order chi connectivity index (χ1) is 17.0. The van der Waals surface area contributed by atoms with Crippen molar-refractivity contribution >= 4 is 34.1 Å². The summed E-state index contributed by atoms with van der Waals surface area (Å²) in [5, 5.41) is 5.70. The first-order valence-corrected chi connectivity index (χ1v) is 12.3. The lowest BCUT2D eigenvalue weighted by molar-refractivity contribution is -0.140. The van der Waals surface area contributed by atoms with Crippen molar-refractivity contribution in [2.45, 2.75) is 31.6 Å². The molecule has 7 nitrogen and oxygen atoms in total. The molecule has 0 unspecified atom stereocenters. The van der Waals surface area contributed by atoms with Gasteiger partial charge in [-0.1, -0.05) is 18.2 Å². The highest BCUT2D eigenvalue weighted by Gasteiger charge is 2.43. The minimum absolute atomic E-state index is 0.0467. The van der Waals surface area contributed by atoms with E-state index >= 15 is 0 Å². The van der Waals surface area contributed by atoms with Gasteiger partial charge in [0.05, 0.1) is 29.7 Å². The van der Waals surface area contributed by atoms with Crippen molar-refractivity contribution in [2.24, 2.45) is 0 Å². The molecule has 3 aromatic rings. The van der Waals surface area contributed by atoms with Crippen molar-refractivity contribution in [2.75, 3.05) is 20.3 Å². The number of hydrogen-bond acceptors (Lipinski definition) is 8. The van der Waals surface area contributed by atoms with Gasteiger partial charge >= 0.3 is 5.97 Å². The molecule has 2 aliphatic rings. The number of methoxy groups -OCH3 is 1. The average Bonchev–Trinajstić information content (AvgIpc) is 3.39. The molecule has 0 spiro atoms. The van der Waals surface area contributed by atoms with E-state index in [-0.39, 0.29) is 41.5 Å². The predicted molar refractivity (Wildman–Crippen MR) is 132 cm³/mol. The lowest BCUT2D eigenvalue weighted by Crippen LogP contribution is -2.37. The molecule has 5 rings (SSSR count). The summed E-state index contributed by atoms with van der Waals surface area (Å²) in [7, 11) is 1.52. The molecule has 0 saturated carbocycles. The Balaban J connectivity index is 1.64. The number of ketones is 1. The first-order valence-electron chi connectivity index (χ1n) is 11.4. The molecule has 3 heterocycles. The molecule has 35 heavy (non-hydrogen) atoms. The van der Waals surface area contributed by atoms with Crippen LogP contribution < -0.4 is 10.7 Å². The van der Waals surface area contributed by atoms with Crippen LogP contribution >= 0.6 is 11.3 Å². The maximum Gasteiger partial charge on any atom is 0.336 e. The van der Waals surface area contributed by atoms with E-state index in [1.54, 1.807) is 42.5 Å². The van der Waals surface area contributed by atoms with Crippen LogP contribution in [0.5, 0.6) is 0 Å². The number of dihydropyridines is 1. The Morgan fingerprint density at radius 2 is 1.97 bits per heavy atom. The smallest absolute Gasteiger partial charge is 0.336 e. The fraction of sp³-hybridized carbons (Fsp3) is 0.296. The number of rotatable bonds is 6. The lowest BCUT2D eigenvalue weighted by Gasteiger charge is -2.36. The SMILES string of the molecule is COCCOC(=O)C1=C(C)NC2=C(C(=O)C[C@H](c3cccs3)C2)[C@@H]1c1coc2ccccc2c1=O. The lowest BCUT2D eigenvalue weighted by atomic mass is 9.73. The van der Waals surface area contributed by atoms with Gasteiger partial charge in [0.2, 0.25) is 0 Å². The number of benzene rings is 1. The Kier molecular flexibility index (Phi) is 6.40. The molecule has 0 saturated heterocycles.